The monoisotopic (exact) mass is 701 g/mol. The molecule has 0 aliphatic heterocycles. The minimum absolute atomic E-state index is 0.0813. The summed E-state index contributed by atoms with van der Waals surface area (Å²) in [5.74, 6) is -2.03. The molecule has 49 heavy (non-hydrogen) atoms. The van der Waals surface area contributed by atoms with Crippen molar-refractivity contribution in [3.8, 4) is 0 Å². The summed E-state index contributed by atoms with van der Waals surface area (Å²) in [4.78, 5) is 43.9. The third kappa shape index (κ3) is 14.0. The summed E-state index contributed by atoms with van der Waals surface area (Å²) in [6.07, 6.45) is -0.840. The zero-order valence-electron chi connectivity index (χ0n) is 30.1. The summed E-state index contributed by atoms with van der Waals surface area (Å²) < 4.78 is 53.8. The highest BCUT2D eigenvalue weighted by Crippen LogP contribution is 2.27. The fourth-order valence-corrected chi connectivity index (χ4v) is 5.57. The molecule has 0 saturated heterocycles. The molecule has 3 aromatic rings. The van der Waals surface area contributed by atoms with Crippen LogP contribution < -0.4 is 9.79 Å². The second-order valence-corrected chi connectivity index (χ2v) is 15.9. The van der Waals surface area contributed by atoms with Crippen LogP contribution in [0.25, 0.3) is 0 Å². The van der Waals surface area contributed by atoms with Crippen LogP contribution in [0.15, 0.2) is 71.6 Å². The summed E-state index contributed by atoms with van der Waals surface area (Å²) >= 11 is 0. The Morgan fingerprint density at radius 3 is 1.84 bits per heavy atom. The number of carbonyl (C=O) groups is 3. The number of aromatic nitrogens is 1. The van der Waals surface area contributed by atoms with E-state index in [1.54, 1.807) is 26.8 Å². The van der Waals surface area contributed by atoms with Gasteiger partial charge >= 0.3 is 18.0 Å². The Morgan fingerprint density at radius 1 is 0.796 bits per heavy atom. The number of amides is 1. The van der Waals surface area contributed by atoms with Crippen LogP contribution in [0.2, 0.25) is 0 Å². The number of hydrogen-bond donors (Lipinski definition) is 1. The van der Waals surface area contributed by atoms with E-state index in [0.29, 0.717) is 5.06 Å². The Kier molecular flexibility index (Phi) is 13.6. The second-order valence-electron chi connectivity index (χ2n) is 14.2. The van der Waals surface area contributed by atoms with Crippen molar-refractivity contribution in [3.63, 3.8) is 0 Å². The smallest absolute Gasteiger partial charge is 0.450 e. The Hall–Kier alpha value is -4.36. The minimum Gasteiger partial charge on any atom is -0.460 e. The predicted molar refractivity (Wildman–Crippen MR) is 185 cm³/mol. The van der Waals surface area contributed by atoms with Gasteiger partial charge in [-0.05, 0) is 88.8 Å². The van der Waals surface area contributed by atoms with Crippen LogP contribution in [-0.2, 0) is 45.8 Å². The zero-order valence-corrected chi connectivity index (χ0v) is 30.9. The summed E-state index contributed by atoms with van der Waals surface area (Å²) in [6.45, 7) is 19.3. The van der Waals surface area contributed by atoms with Gasteiger partial charge in [0.25, 0.3) is 0 Å². The molecule has 0 saturated carbocycles. The Balaban J connectivity index is 0.000000924. The fourth-order valence-electron chi connectivity index (χ4n) is 4.28. The first-order valence-corrected chi connectivity index (χ1v) is 17.1. The standard InChI is InChI=1S/C30H36FN3O6S.C6H12O2/c1-20(35)40-34(28(36)39-30(5,6)7)27-14-10-12-24(32-27)25(19-21-15-17-22(18-16-21)29(2,3)4)33-41(37,38)26-13-9-8-11-23(26)31;1-5(7)8-6(2,3)4/h8-18,25,33H,19H2,1-7H3;1-4H3. The third-order valence-electron chi connectivity index (χ3n) is 6.23. The molecule has 11 nitrogen and oxygen atoms in total. The number of pyridine rings is 1. The predicted octanol–water partition coefficient (Wildman–Crippen LogP) is 7.35. The van der Waals surface area contributed by atoms with Gasteiger partial charge in [-0.25, -0.2) is 32.1 Å². The van der Waals surface area contributed by atoms with Crippen LogP contribution >= 0.6 is 0 Å². The first-order chi connectivity index (χ1) is 22.4. The molecule has 268 valence electrons. The van der Waals surface area contributed by atoms with Crippen molar-refractivity contribution in [1.29, 1.82) is 0 Å². The van der Waals surface area contributed by atoms with Crippen molar-refractivity contribution in [2.24, 2.45) is 0 Å². The molecule has 3 rings (SSSR count). The van der Waals surface area contributed by atoms with Crippen molar-refractivity contribution >= 4 is 33.9 Å². The van der Waals surface area contributed by atoms with E-state index in [4.69, 9.17) is 14.3 Å². The van der Waals surface area contributed by atoms with Gasteiger partial charge in [0.15, 0.2) is 5.82 Å². The van der Waals surface area contributed by atoms with Crippen molar-refractivity contribution in [2.75, 3.05) is 5.06 Å². The number of rotatable bonds is 7. The Labute approximate surface area is 289 Å². The number of halogens is 1. The van der Waals surface area contributed by atoms with E-state index in [1.165, 1.54) is 37.3 Å². The van der Waals surface area contributed by atoms with Gasteiger partial charge in [-0.15, -0.1) is 0 Å². The van der Waals surface area contributed by atoms with Crippen LogP contribution in [0.5, 0.6) is 0 Å². The average Bonchev–Trinajstić information content (AvgIpc) is 2.93. The fraction of sp³-hybridized carbons (Fsp3) is 0.444. The molecular weight excluding hydrogens is 653 g/mol. The third-order valence-corrected chi connectivity index (χ3v) is 7.74. The topological polar surface area (TPSA) is 141 Å². The number of esters is 1. The van der Waals surface area contributed by atoms with Crippen LogP contribution in [0.3, 0.4) is 0 Å². The van der Waals surface area contributed by atoms with Gasteiger partial charge in [-0.2, -0.15) is 0 Å². The molecule has 1 N–H and O–H groups in total. The molecule has 0 aliphatic carbocycles. The molecule has 1 unspecified atom stereocenters. The lowest BCUT2D eigenvalue weighted by molar-refractivity contribution is -0.152. The number of ether oxygens (including phenoxy) is 2. The van der Waals surface area contributed by atoms with E-state index in [9.17, 15) is 27.2 Å². The van der Waals surface area contributed by atoms with E-state index >= 15 is 0 Å². The number of sulfonamides is 1. The highest BCUT2D eigenvalue weighted by Gasteiger charge is 2.30. The van der Waals surface area contributed by atoms with Crippen molar-refractivity contribution < 1.29 is 41.5 Å². The van der Waals surface area contributed by atoms with Gasteiger partial charge in [-0.1, -0.05) is 68.3 Å². The van der Waals surface area contributed by atoms with Gasteiger partial charge in [0.1, 0.15) is 21.9 Å². The molecule has 0 fully saturated rings. The first kappa shape index (κ1) is 40.8. The summed E-state index contributed by atoms with van der Waals surface area (Å²) in [6, 6.07) is 16.3. The van der Waals surface area contributed by atoms with Gasteiger partial charge in [0.2, 0.25) is 10.0 Å². The molecule has 13 heteroatoms. The molecule has 1 amide bonds. The van der Waals surface area contributed by atoms with Gasteiger partial charge < -0.3 is 14.3 Å². The number of anilines is 1. The molecule has 0 aliphatic rings. The van der Waals surface area contributed by atoms with E-state index in [-0.39, 0.29) is 34.9 Å². The summed E-state index contributed by atoms with van der Waals surface area (Å²) in [5.41, 5.74) is 0.774. The van der Waals surface area contributed by atoms with Crippen molar-refractivity contribution in [2.45, 2.75) is 110 Å². The zero-order chi connectivity index (χ0) is 37.4. The number of benzene rings is 2. The number of hydroxylamine groups is 1. The molecule has 2 aromatic carbocycles. The largest absolute Gasteiger partial charge is 0.460 e. The maximum atomic E-state index is 14.5. The molecular formula is C36H48FN3O8S. The van der Waals surface area contributed by atoms with Crippen LogP contribution in [0.4, 0.5) is 15.0 Å². The van der Waals surface area contributed by atoms with E-state index in [1.807, 2.05) is 45.0 Å². The molecule has 1 atom stereocenters. The quantitative estimate of drug-likeness (QED) is 0.198. The number of nitrogens with zero attached hydrogens (tertiary/aromatic N) is 2. The molecule has 0 spiro atoms. The van der Waals surface area contributed by atoms with Gasteiger partial charge in [0.05, 0.1) is 11.7 Å². The number of hydrogen-bond acceptors (Lipinski definition) is 9. The lowest BCUT2D eigenvalue weighted by Gasteiger charge is -2.26. The molecule has 1 aromatic heterocycles. The average molecular weight is 702 g/mol. The van der Waals surface area contributed by atoms with Gasteiger partial charge in [-0.3, -0.25) is 4.79 Å². The lowest BCUT2D eigenvalue weighted by atomic mass is 9.86. The SMILES string of the molecule is CC(=O)OC(C)(C)C.CC(=O)ON(C(=O)OC(C)(C)C)c1cccc(C(Cc2ccc(C(C)(C)C)cc2)NS(=O)(=O)c2ccccc2F)n1. The lowest BCUT2D eigenvalue weighted by Crippen LogP contribution is -2.39. The first-order valence-electron chi connectivity index (χ1n) is 15.6. The van der Waals surface area contributed by atoms with Crippen molar-refractivity contribution in [1.82, 2.24) is 9.71 Å². The number of carbonyl (C=O) groups excluding carboxylic acids is 3. The molecule has 0 bridgehead atoms. The minimum atomic E-state index is -4.34. The van der Waals surface area contributed by atoms with E-state index in [2.05, 4.69) is 30.5 Å². The highest BCUT2D eigenvalue weighted by atomic mass is 32.2. The maximum Gasteiger partial charge on any atom is 0.450 e. The highest BCUT2D eigenvalue weighted by molar-refractivity contribution is 7.89. The Morgan fingerprint density at radius 2 is 1.37 bits per heavy atom. The summed E-state index contributed by atoms with van der Waals surface area (Å²) in [7, 11) is -4.34. The second kappa shape index (κ2) is 16.4. The molecule has 0 radical (unpaired) electrons. The summed E-state index contributed by atoms with van der Waals surface area (Å²) in [5, 5.41) is 0.609. The van der Waals surface area contributed by atoms with Crippen molar-refractivity contribution in [3.05, 3.63) is 89.4 Å². The molecule has 1 heterocycles. The van der Waals surface area contributed by atoms with Crippen LogP contribution in [0, 0.1) is 5.82 Å². The Bertz CT molecular complexity index is 1710. The van der Waals surface area contributed by atoms with Gasteiger partial charge in [0, 0.05) is 13.8 Å². The van der Waals surface area contributed by atoms with E-state index in [0.717, 1.165) is 24.1 Å². The normalized spacial score (nSPS) is 12.6. The van der Waals surface area contributed by atoms with E-state index < -0.39 is 44.4 Å². The van der Waals surface area contributed by atoms with Crippen LogP contribution in [0.1, 0.15) is 99.0 Å². The maximum absolute atomic E-state index is 14.5. The van der Waals surface area contributed by atoms with Crippen LogP contribution in [-0.4, -0.2) is 42.6 Å². The number of nitrogens with one attached hydrogen (secondary N) is 1.